The van der Waals surface area contributed by atoms with E-state index in [1.165, 1.54) is 24.3 Å². The van der Waals surface area contributed by atoms with Crippen LogP contribution >= 0.6 is 27.3 Å². The van der Waals surface area contributed by atoms with Crippen molar-refractivity contribution in [1.82, 2.24) is 5.32 Å². The zero-order valence-electron chi connectivity index (χ0n) is 9.97. The van der Waals surface area contributed by atoms with Crippen molar-refractivity contribution in [1.29, 1.82) is 0 Å². The Bertz CT molecular complexity index is 627. The SMILES string of the molecule is Cc1cc(C(=O)NCc2ccc(Br)s2)c(F)cc1F. The Morgan fingerprint density at radius 1 is 1.32 bits per heavy atom. The van der Waals surface area contributed by atoms with Crippen molar-refractivity contribution < 1.29 is 13.6 Å². The lowest BCUT2D eigenvalue weighted by molar-refractivity contribution is 0.0947. The molecule has 1 aromatic heterocycles. The van der Waals surface area contributed by atoms with Gasteiger partial charge in [-0.15, -0.1) is 11.3 Å². The van der Waals surface area contributed by atoms with E-state index in [0.29, 0.717) is 6.54 Å². The van der Waals surface area contributed by atoms with Crippen LogP contribution in [0.4, 0.5) is 8.78 Å². The number of thiophene rings is 1. The quantitative estimate of drug-likeness (QED) is 0.893. The van der Waals surface area contributed by atoms with E-state index in [2.05, 4.69) is 21.2 Å². The number of halogens is 3. The molecule has 19 heavy (non-hydrogen) atoms. The molecule has 0 saturated carbocycles. The average molecular weight is 346 g/mol. The van der Waals surface area contributed by atoms with Crippen LogP contribution < -0.4 is 5.32 Å². The highest BCUT2D eigenvalue weighted by Crippen LogP contribution is 2.22. The predicted molar refractivity (Wildman–Crippen MR) is 74.3 cm³/mol. The third-order valence-corrected chi connectivity index (χ3v) is 4.17. The highest BCUT2D eigenvalue weighted by molar-refractivity contribution is 9.11. The lowest BCUT2D eigenvalue weighted by Crippen LogP contribution is -2.23. The summed E-state index contributed by atoms with van der Waals surface area (Å²) in [5.74, 6) is -2.06. The molecule has 2 nitrogen and oxygen atoms in total. The molecule has 0 spiro atoms. The summed E-state index contributed by atoms with van der Waals surface area (Å²) in [5.41, 5.74) is 0.0972. The van der Waals surface area contributed by atoms with Gasteiger partial charge >= 0.3 is 0 Å². The van der Waals surface area contributed by atoms with Gasteiger partial charge in [0, 0.05) is 10.9 Å². The Labute approximate surface area is 121 Å². The molecule has 2 aromatic rings. The van der Waals surface area contributed by atoms with Gasteiger partial charge in [0.1, 0.15) is 11.6 Å². The molecule has 0 unspecified atom stereocenters. The Morgan fingerprint density at radius 3 is 2.68 bits per heavy atom. The normalized spacial score (nSPS) is 10.5. The van der Waals surface area contributed by atoms with Gasteiger partial charge in [0.25, 0.3) is 5.91 Å². The van der Waals surface area contributed by atoms with Gasteiger partial charge in [-0.3, -0.25) is 4.79 Å². The lowest BCUT2D eigenvalue weighted by atomic mass is 10.1. The Morgan fingerprint density at radius 2 is 2.05 bits per heavy atom. The molecule has 1 amide bonds. The minimum Gasteiger partial charge on any atom is -0.347 e. The fourth-order valence-corrected chi connectivity index (χ4v) is 2.96. The van der Waals surface area contributed by atoms with Crippen molar-refractivity contribution in [3.05, 3.63) is 55.7 Å². The minimum atomic E-state index is -0.854. The highest BCUT2D eigenvalue weighted by Gasteiger charge is 2.14. The van der Waals surface area contributed by atoms with Gasteiger partial charge in [0.05, 0.1) is 15.9 Å². The maximum atomic E-state index is 13.5. The average Bonchev–Trinajstić information content (AvgIpc) is 2.77. The standard InChI is InChI=1S/C13H10BrF2NOS/c1-7-4-9(11(16)5-10(7)15)13(18)17-6-8-2-3-12(14)19-8/h2-5H,6H2,1H3,(H,17,18). The third kappa shape index (κ3) is 3.39. The number of hydrogen-bond donors (Lipinski definition) is 1. The van der Waals surface area contributed by atoms with Crippen LogP contribution in [-0.2, 0) is 6.54 Å². The Hall–Kier alpha value is -1.27. The second kappa shape index (κ2) is 5.79. The second-order valence-corrected chi connectivity index (χ2v) is 6.52. The molecule has 0 atom stereocenters. The van der Waals surface area contributed by atoms with Gasteiger partial charge in [0.2, 0.25) is 0 Å². The number of benzene rings is 1. The number of aryl methyl sites for hydroxylation is 1. The van der Waals surface area contributed by atoms with Gasteiger partial charge in [0.15, 0.2) is 0 Å². The van der Waals surface area contributed by atoms with Gasteiger partial charge in [-0.25, -0.2) is 8.78 Å². The molecule has 0 saturated heterocycles. The summed E-state index contributed by atoms with van der Waals surface area (Å²) in [6.07, 6.45) is 0. The first kappa shape index (κ1) is 14.1. The topological polar surface area (TPSA) is 29.1 Å². The van der Waals surface area contributed by atoms with E-state index >= 15 is 0 Å². The first-order chi connectivity index (χ1) is 8.97. The molecule has 1 aromatic carbocycles. The molecular formula is C13H10BrF2NOS. The van der Waals surface area contributed by atoms with E-state index in [4.69, 9.17) is 0 Å². The largest absolute Gasteiger partial charge is 0.347 e. The number of nitrogens with one attached hydrogen (secondary N) is 1. The molecule has 0 bridgehead atoms. The molecule has 100 valence electrons. The van der Waals surface area contributed by atoms with E-state index in [0.717, 1.165) is 14.7 Å². The van der Waals surface area contributed by atoms with E-state index in [1.807, 2.05) is 12.1 Å². The third-order valence-electron chi connectivity index (χ3n) is 2.54. The van der Waals surface area contributed by atoms with Crippen molar-refractivity contribution in [2.75, 3.05) is 0 Å². The van der Waals surface area contributed by atoms with E-state index in [9.17, 15) is 13.6 Å². The van der Waals surface area contributed by atoms with Crippen LogP contribution in [0.1, 0.15) is 20.8 Å². The molecule has 2 rings (SSSR count). The van der Waals surface area contributed by atoms with Crippen molar-refractivity contribution in [3.8, 4) is 0 Å². The van der Waals surface area contributed by atoms with Crippen molar-refractivity contribution >= 4 is 33.2 Å². The summed E-state index contributed by atoms with van der Waals surface area (Å²) in [6.45, 7) is 1.80. The van der Waals surface area contributed by atoms with E-state index < -0.39 is 17.5 Å². The number of carbonyl (C=O) groups excluding carboxylic acids is 1. The molecule has 1 N–H and O–H groups in total. The molecule has 6 heteroatoms. The zero-order valence-corrected chi connectivity index (χ0v) is 12.4. The summed E-state index contributed by atoms with van der Waals surface area (Å²) in [5, 5.41) is 2.60. The van der Waals surface area contributed by atoms with E-state index in [1.54, 1.807) is 0 Å². The summed E-state index contributed by atoms with van der Waals surface area (Å²) < 4.78 is 27.6. The van der Waals surface area contributed by atoms with Crippen molar-refractivity contribution in [2.24, 2.45) is 0 Å². The molecular weight excluding hydrogens is 336 g/mol. The van der Waals surface area contributed by atoms with Gasteiger partial charge in [-0.2, -0.15) is 0 Å². The maximum absolute atomic E-state index is 13.5. The maximum Gasteiger partial charge on any atom is 0.254 e. The monoisotopic (exact) mass is 345 g/mol. The summed E-state index contributed by atoms with van der Waals surface area (Å²) in [7, 11) is 0. The molecule has 0 fully saturated rings. The van der Waals surface area contributed by atoms with Crippen LogP contribution in [0.15, 0.2) is 28.1 Å². The Kier molecular flexibility index (Phi) is 4.31. The fraction of sp³-hybridized carbons (Fsp3) is 0.154. The van der Waals surface area contributed by atoms with Crippen LogP contribution in [0.5, 0.6) is 0 Å². The number of rotatable bonds is 3. The predicted octanol–water partition coefficient (Wildman–Crippen LogP) is 4.03. The number of carbonyl (C=O) groups is 1. The second-order valence-electron chi connectivity index (χ2n) is 3.97. The number of amides is 1. The van der Waals surface area contributed by atoms with Gasteiger partial charge in [-0.1, -0.05) is 0 Å². The summed E-state index contributed by atoms with van der Waals surface area (Å²) in [6, 6.07) is 5.67. The first-order valence-electron chi connectivity index (χ1n) is 5.45. The number of hydrogen-bond acceptors (Lipinski definition) is 2. The zero-order chi connectivity index (χ0) is 14.0. The molecule has 1 heterocycles. The van der Waals surface area contributed by atoms with Crippen LogP contribution in [0, 0.1) is 18.6 Å². The lowest BCUT2D eigenvalue weighted by Gasteiger charge is -2.06. The van der Waals surface area contributed by atoms with Gasteiger partial charge < -0.3 is 5.32 Å². The van der Waals surface area contributed by atoms with Crippen molar-refractivity contribution in [3.63, 3.8) is 0 Å². The van der Waals surface area contributed by atoms with Crippen LogP contribution in [0.2, 0.25) is 0 Å². The Balaban J connectivity index is 2.10. The summed E-state index contributed by atoms with van der Waals surface area (Å²) in [4.78, 5) is 12.8. The first-order valence-corrected chi connectivity index (χ1v) is 7.06. The van der Waals surface area contributed by atoms with Crippen LogP contribution in [0.25, 0.3) is 0 Å². The van der Waals surface area contributed by atoms with E-state index in [-0.39, 0.29) is 11.1 Å². The molecule has 0 aliphatic carbocycles. The fourth-order valence-electron chi connectivity index (χ4n) is 1.54. The van der Waals surface area contributed by atoms with Crippen LogP contribution in [-0.4, -0.2) is 5.91 Å². The van der Waals surface area contributed by atoms with Crippen molar-refractivity contribution in [2.45, 2.75) is 13.5 Å². The molecule has 0 radical (unpaired) electrons. The van der Waals surface area contributed by atoms with Crippen LogP contribution in [0.3, 0.4) is 0 Å². The van der Waals surface area contributed by atoms with Gasteiger partial charge in [-0.05, 0) is 46.6 Å². The highest BCUT2D eigenvalue weighted by atomic mass is 79.9. The minimum absolute atomic E-state index is 0.144. The molecule has 0 aliphatic rings. The molecule has 0 aliphatic heterocycles. The summed E-state index contributed by atoms with van der Waals surface area (Å²) >= 11 is 4.80. The smallest absolute Gasteiger partial charge is 0.254 e.